The van der Waals surface area contributed by atoms with E-state index in [1.165, 1.54) is 24.3 Å². The number of alkyl halides is 2. The van der Waals surface area contributed by atoms with Gasteiger partial charge < -0.3 is 4.74 Å². The summed E-state index contributed by atoms with van der Waals surface area (Å²) in [6.07, 6.45) is 2.75. The topological polar surface area (TPSA) is 9.23 Å². The van der Waals surface area contributed by atoms with Crippen LogP contribution < -0.4 is 0 Å². The van der Waals surface area contributed by atoms with Crippen molar-refractivity contribution in [2.24, 2.45) is 0 Å². The zero-order chi connectivity index (χ0) is 19.8. The molecule has 2 atom stereocenters. The van der Waals surface area contributed by atoms with E-state index in [2.05, 4.69) is 31.9 Å². The number of hydrogen-bond donors (Lipinski definition) is 0. The molecule has 1 nitrogen and oxygen atoms in total. The van der Waals surface area contributed by atoms with E-state index in [0.717, 1.165) is 25.0 Å². The standard InChI is InChI=1S/C20H20Br2F4O/c21-17(15-7-5-13(23)11-19(15)25)3-1-9-27-10-2-4-18(22)16-8-6-14(24)12-20(16)26/h5-8,11-12,17-18H,1-4,9-10H2. The van der Waals surface area contributed by atoms with Gasteiger partial charge in [-0.2, -0.15) is 0 Å². The average Bonchev–Trinajstić information content (AvgIpc) is 2.60. The molecule has 27 heavy (non-hydrogen) atoms. The summed E-state index contributed by atoms with van der Waals surface area (Å²) in [5.74, 6) is -2.31. The van der Waals surface area contributed by atoms with Crippen LogP contribution in [0.2, 0.25) is 0 Å². The van der Waals surface area contributed by atoms with Crippen LogP contribution >= 0.6 is 31.9 Å². The Hall–Kier alpha value is -0.920. The SMILES string of the molecule is Fc1ccc(C(Br)CCCOCCCC(Br)c2ccc(F)cc2F)c(F)c1. The molecule has 0 heterocycles. The minimum Gasteiger partial charge on any atom is -0.381 e. The van der Waals surface area contributed by atoms with Crippen molar-refractivity contribution >= 4 is 31.9 Å². The third kappa shape index (κ3) is 7.20. The number of benzene rings is 2. The van der Waals surface area contributed by atoms with Crippen LogP contribution in [0.1, 0.15) is 46.5 Å². The second kappa shape index (κ2) is 11.2. The van der Waals surface area contributed by atoms with Gasteiger partial charge in [0.1, 0.15) is 23.3 Å². The first-order valence-corrected chi connectivity index (χ1v) is 10.5. The van der Waals surface area contributed by atoms with Crippen LogP contribution in [0.25, 0.3) is 0 Å². The van der Waals surface area contributed by atoms with Crippen molar-refractivity contribution in [3.05, 3.63) is 70.8 Å². The maximum atomic E-state index is 13.7. The highest BCUT2D eigenvalue weighted by atomic mass is 79.9. The first kappa shape index (κ1) is 22.4. The molecule has 0 aliphatic carbocycles. The largest absolute Gasteiger partial charge is 0.381 e. The fourth-order valence-corrected chi connectivity index (χ4v) is 4.04. The molecule has 0 fully saturated rings. The van der Waals surface area contributed by atoms with Gasteiger partial charge in [-0.25, -0.2) is 17.6 Å². The molecule has 0 spiro atoms. The van der Waals surface area contributed by atoms with Crippen LogP contribution in [0.3, 0.4) is 0 Å². The van der Waals surface area contributed by atoms with Crippen molar-refractivity contribution in [2.45, 2.75) is 35.3 Å². The first-order chi connectivity index (χ1) is 12.9. The molecule has 0 saturated carbocycles. The summed E-state index contributed by atoms with van der Waals surface area (Å²) in [4.78, 5) is -0.398. The molecular formula is C20H20Br2F4O. The lowest BCUT2D eigenvalue weighted by molar-refractivity contribution is 0.126. The van der Waals surface area contributed by atoms with Gasteiger partial charge >= 0.3 is 0 Å². The molecule has 0 radical (unpaired) electrons. The average molecular weight is 512 g/mol. The van der Waals surface area contributed by atoms with Gasteiger partial charge in [-0.05, 0) is 37.8 Å². The Morgan fingerprint density at radius 1 is 0.704 bits per heavy atom. The lowest BCUT2D eigenvalue weighted by atomic mass is 10.1. The van der Waals surface area contributed by atoms with Crippen LogP contribution in [0.15, 0.2) is 36.4 Å². The van der Waals surface area contributed by atoms with Gasteiger partial charge in [-0.3, -0.25) is 0 Å². The van der Waals surface area contributed by atoms with Gasteiger partial charge in [-0.15, -0.1) is 0 Å². The Morgan fingerprint density at radius 2 is 1.11 bits per heavy atom. The highest BCUT2D eigenvalue weighted by molar-refractivity contribution is 9.09. The smallest absolute Gasteiger partial charge is 0.130 e. The number of hydrogen-bond acceptors (Lipinski definition) is 1. The molecule has 0 N–H and O–H groups in total. The Balaban J connectivity index is 1.61. The van der Waals surface area contributed by atoms with Crippen molar-refractivity contribution in [3.63, 3.8) is 0 Å². The molecule has 0 aromatic heterocycles. The fourth-order valence-electron chi connectivity index (χ4n) is 2.65. The van der Waals surface area contributed by atoms with Gasteiger partial charge in [0.2, 0.25) is 0 Å². The quantitative estimate of drug-likeness (QED) is 0.183. The van der Waals surface area contributed by atoms with E-state index in [1.54, 1.807) is 0 Å². The lowest BCUT2D eigenvalue weighted by Gasteiger charge is -2.13. The van der Waals surface area contributed by atoms with E-state index < -0.39 is 23.3 Å². The molecule has 0 amide bonds. The van der Waals surface area contributed by atoms with Gasteiger partial charge in [-0.1, -0.05) is 44.0 Å². The molecule has 2 unspecified atom stereocenters. The van der Waals surface area contributed by atoms with Crippen molar-refractivity contribution in [2.75, 3.05) is 13.2 Å². The highest BCUT2D eigenvalue weighted by Gasteiger charge is 2.14. The van der Waals surface area contributed by atoms with Gasteiger partial charge in [0.15, 0.2) is 0 Å². The van der Waals surface area contributed by atoms with Crippen molar-refractivity contribution in [1.29, 1.82) is 0 Å². The van der Waals surface area contributed by atoms with E-state index >= 15 is 0 Å². The molecule has 2 rings (SSSR count). The normalized spacial score (nSPS) is 13.6. The van der Waals surface area contributed by atoms with Crippen LogP contribution in [-0.4, -0.2) is 13.2 Å². The molecule has 0 aliphatic heterocycles. The van der Waals surface area contributed by atoms with Crippen molar-refractivity contribution in [3.8, 4) is 0 Å². The van der Waals surface area contributed by atoms with E-state index in [-0.39, 0.29) is 9.65 Å². The predicted molar refractivity (Wildman–Crippen MR) is 105 cm³/mol. The molecular weight excluding hydrogens is 492 g/mol. The minimum absolute atomic E-state index is 0.199. The highest BCUT2D eigenvalue weighted by Crippen LogP contribution is 2.31. The Labute approximate surface area is 173 Å². The third-order valence-corrected chi connectivity index (χ3v) is 5.99. The molecule has 0 saturated heterocycles. The number of ether oxygens (including phenoxy) is 1. The summed E-state index contributed by atoms with van der Waals surface area (Å²) in [5.41, 5.74) is 0.861. The third-order valence-electron chi connectivity index (χ3n) is 4.09. The molecule has 7 heteroatoms. The van der Waals surface area contributed by atoms with Crippen LogP contribution in [0.5, 0.6) is 0 Å². The van der Waals surface area contributed by atoms with Gasteiger partial charge in [0.05, 0.1) is 0 Å². The lowest BCUT2D eigenvalue weighted by Crippen LogP contribution is -2.02. The monoisotopic (exact) mass is 510 g/mol. The summed E-state index contributed by atoms with van der Waals surface area (Å²) >= 11 is 6.83. The summed E-state index contributed by atoms with van der Waals surface area (Å²) in [6, 6.07) is 7.11. The maximum Gasteiger partial charge on any atom is 0.130 e. The van der Waals surface area contributed by atoms with Crippen LogP contribution in [0.4, 0.5) is 17.6 Å². The fraction of sp³-hybridized carbons (Fsp3) is 0.400. The van der Waals surface area contributed by atoms with E-state index in [0.29, 0.717) is 37.2 Å². The Bertz CT molecular complexity index is 680. The number of rotatable bonds is 10. The molecule has 0 bridgehead atoms. The second-order valence-corrected chi connectivity index (χ2v) is 8.37. The predicted octanol–water partition coefficient (Wildman–Crippen LogP) is 7.39. The Kier molecular flexibility index (Phi) is 9.26. The van der Waals surface area contributed by atoms with Crippen LogP contribution in [0, 0.1) is 23.3 Å². The zero-order valence-electron chi connectivity index (χ0n) is 14.5. The zero-order valence-corrected chi connectivity index (χ0v) is 17.7. The van der Waals surface area contributed by atoms with Gasteiger partial charge in [0, 0.05) is 46.1 Å². The van der Waals surface area contributed by atoms with E-state index in [4.69, 9.17) is 4.74 Å². The van der Waals surface area contributed by atoms with Crippen molar-refractivity contribution < 1.29 is 22.3 Å². The summed E-state index contributed by atoms with van der Waals surface area (Å²) < 4.78 is 58.8. The molecule has 0 aliphatic rings. The van der Waals surface area contributed by atoms with Crippen LogP contribution in [-0.2, 0) is 4.74 Å². The minimum atomic E-state index is -0.593. The summed E-state index contributed by atoms with van der Waals surface area (Å²) in [6.45, 7) is 1.03. The van der Waals surface area contributed by atoms with Gasteiger partial charge in [0.25, 0.3) is 0 Å². The second-order valence-electron chi connectivity index (χ2n) is 6.16. The molecule has 2 aromatic carbocycles. The Morgan fingerprint density at radius 3 is 1.48 bits per heavy atom. The molecule has 148 valence electrons. The number of halogens is 6. The van der Waals surface area contributed by atoms with E-state index in [1.807, 2.05) is 0 Å². The first-order valence-electron chi connectivity index (χ1n) is 8.64. The molecule has 2 aromatic rings. The summed E-state index contributed by atoms with van der Waals surface area (Å²) in [7, 11) is 0. The summed E-state index contributed by atoms with van der Waals surface area (Å²) in [5, 5.41) is 0. The van der Waals surface area contributed by atoms with Crippen molar-refractivity contribution in [1.82, 2.24) is 0 Å². The van der Waals surface area contributed by atoms with E-state index in [9.17, 15) is 17.6 Å². The maximum absolute atomic E-state index is 13.7.